The molecule has 2 aromatic rings. The number of nitrogens with one attached hydrogen (secondary N) is 2. The molecule has 0 fully saturated rings. The number of benzene rings is 1. The Balaban J connectivity index is 2.00. The van der Waals surface area contributed by atoms with Crippen LogP contribution >= 0.6 is 0 Å². The second kappa shape index (κ2) is 9.25. The van der Waals surface area contributed by atoms with Crippen LogP contribution in [0.5, 0.6) is 0 Å². The first-order chi connectivity index (χ1) is 12.1. The zero-order chi connectivity index (χ0) is 18.1. The summed E-state index contributed by atoms with van der Waals surface area (Å²) in [6.07, 6.45) is 1.45. The molecule has 0 amide bonds. The molecule has 2 atom stereocenters. The van der Waals surface area contributed by atoms with Crippen LogP contribution in [0.4, 0.5) is 0 Å². The average Bonchev–Trinajstić information content (AvgIpc) is 3.17. The van der Waals surface area contributed by atoms with E-state index in [2.05, 4.69) is 15.6 Å². The third-order valence-corrected chi connectivity index (χ3v) is 3.85. The third kappa shape index (κ3) is 5.62. The fraction of sp³-hybridized carbons (Fsp3) is 0.421. The molecule has 0 aliphatic carbocycles. The van der Waals surface area contributed by atoms with Crippen molar-refractivity contribution in [2.75, 3.05) is 26.7 Å². The lowest BCUT2D eigenvalue weighted by molar-refractivity contribution is 0.0436. The summed E-state index contributed by atoms with van der Waals surface area (Å²) >= 11 is 0. The van der Waals surface area contributed by atoms with Gasteiger partial charge in [0.2, 0.25) is 0 Å². The van der Waals surface area contributed by atoms with E-state index in [9.17, 15) is 5.11 Å². The number of methoxy groups -OCH3 is 1. The van der Waals surface area contributed by atoms with Crippen LogP contribution in [0.2, 0.25) is 0 Å². The van der Waals surface area contributed by atoms with Gasteiger partial charge in [0.1, 0.15) is 11.4 Å². The lowest BCUT2D eigenvalue weighted by atomic mass is 10.0. The molecular weight excluding hydrogens is 318 g/mol. The van der Waals surface area contributed by atoms with Crippen LogP contribution in [-0.4, -0.2) is 37.8 Å². The zero-order valence-corrected chi connectivity index (χ0v) is 15.0. The van der Waals surface area contributed by atoms with Gasteiger partial charge < -0.3 is 24.9 Å². The number of ether oxygens (including phenoxy) is 1. The Morgan fingerprint density at radius 3 is 2.60 bits per heavy atom. The van der Waals surface area contributed by atoms with Crippen LogP contribution < -0.4 is 10.6 Å². The molecule has 2 unspecified atom stereocenters. The van der Waals surface area contributed by atoms with E-state index in [0.717, 1.165) is 12.1 Å². The molecule has 1 heterocycles. The maximum Gasteiger partial charge on any atom is 0.191 e. The molecule has 2 rings (SSSR count). The highest BCUT2D eigenvalue weighted by atomic mass is 16.5. The lowest BCUT2D eigenvalue weighted by Gasteiger charge is -2.21. The number of furan rings is 1. The van der Waals surface area contributed by atoms with Gasteiger partial charge in [-0.2, -0.15) is 0 Å². The molecule has 0 aliphatic heterocycles. The van der Waals surface area contributed by atoms with Crippen molar-refractivity contribution in [1.29, 1.82) is 0 Å². The standard InChI is InChI=1S/C19H27N3O3/c1-4-20-18(22-14-19(2,23)17-11-8-12-25-17)21-13-16(24-3)15-9-6-5-7-10-15/h5-12,16,23H,4,13-14H2,1-3H3,(H2,20,21,22). The van der Waals surface area contributed by atoms with Gasteiger partial charge in [-0.25, -0.2) is 4.99 Å². The largest absolute Gasteiger partial charge is 0.466 e. The molecule has 1 aromatic heterocycles. The maximum absolute atomic E-state index is 10.5. The fourth-order valence-electron chi connectivity index (χ4n) is 2.43. The summed E-state index contributed by atoms with van der Waals surface area (Å²) in [6, 6.07) is 13.5. The van der Waals surface area contributed by atoms with Crippen molar-refractivity contribution in [3.63, 3.8) is 0 Å². The molecule has 0 saturated carbocycles. The van der Waals surface area contributed by atoms with Crippen molar-refractivity contribution in [2.45, 2.75) is 25.6 Å². The summed E-state index contributed by atoms with van der Waals surface area (Å²) in [5.41, 5.74) is -0.0673. The summed E-state index contributed by atoms with van der Waals surface area (Å²) < 4.78 is 10.8. The summed E-state index contributed by atoms with van der Waals surface area (Å²) in [7, 11) is 1.69. The SMILES string of the molecule is CCNC(=NCC(C)(O)c1ccco1)NCC(OC)c1ccccc1. The van der Waals surface area contributed by atoms with Gasteiger partial charge in [-0.05, 0) is 31.5 Å². The second-order valence-corrected chi connectivity index (χ2v) is 5.96. The summed E-state index contributed by atoms with van der Waals surface area (Å²) in [4.78, 5) is 4.47. The molecule has 1 aromatic carbocycles. The van der Waals surface area contributed by atoms with Crippen molar-refractivity contribution in [3.05, 3.63) is 60.1 Å². The minimum atomic E-state index is -1.16. The fourth-order valence-corrected chi connectivity index (χ4v) is 2.43. The first kappa shape index (κ1) is 19.0. The smallest absolute Gasteiger partial charge is 0.191 e. The van der Waals surface area contributed by atoms with Gasteiger partial charge in [0.25, 0.3) is 0 Å². The number of aliphatic hydroxyl groups is 1. The number of aliphatic imine (C=N–C) groups is 1. The van der Waals surface area contributed by atoms with Gasteiger partial charge in [-0.15, -0.1) is 0 Å². The average molecular weight is 345 g/mol. The van der Waals surface area contributed by atoms with Crippen molar-refractivity contribution in [1.82, 2.24) is 10.6 Å². The van der Waals surface area contributed by atoms with E-state index in [0.29, 0.717) is 18.3 Å². The normalized spacial score (nSPS) is 15.4. The minimum absolute atomic E-state index is 0.0874. The monoisotopic (exact) mass is 345 g/mol. The van der Waals surface area contributed by atoms with E-state index >= 15 is 0 Å². The Kier molecular flexibility index (Phi) is 7.03. The molecule has 3 N–H and O–H groups in total. The number of rotatable bonds is 8. The van der Waals surface area contributed by atoms with Gasteiger partial charge >= 0.3 is 0 Å². The van der Waals surface area contributed by atoms with E-state index in [1.165, 1.54) is 0 Å². The van der Waals surface area contributed by atoms with Crippen molar-refractivity contribution in [3.8, 4) is 0 Å². The maximum atomic E-state index is 10.5. The van der Waals surface area contributed by atoms with Crippen molar-refractivity contribution in [2.24, 2.45) is 4.99 Å². The summed E-state index contributed by atoms with van der Waals surface area (Å²) in [5.74, 6) is 1.11. The van der Waals surface area contributed by atoms with Crippen LogP contribution in [0.25, 0.3) is 0 Å². The summed E-state index contributed by atoms with van der Waals surface area (Å²) in [6.45, 7) is 5.14. The molecule has 6 heteroatoms. The van der Waals surface area contributed by atoms with E-state index < -0.39 is 5.60 Å². The van der Waals surface area contributed by atoms with Gasteiger partial charge in [-0.3, -0.25) is 0 Å². The highest BCUT2D eigenvalue weighted by Crippen LogP contribution is 2.21. The van der Waals surface area contributed by atoms with E-state index in [-0.39, 0.29) is 12.6 Å². The topological polar surface area (TPSA) is 79.0 Å². The summed E-state index contributed by atoms with van der Waals surface area (Å²) in [5, 5.41) is 16.9. The van der Waals surface area contributed by atoms with Gasteiger partial charge in [0, 0.05) is 20.2 Å². The first-order valence-corrected chi connectivity index (χ1v) is 8.43. The van der Waals surface area contributed by atoms with Crippen LogP contribution in [0.15, 0.2) is 58.1 Å². The third-order valence-electron chi connectivity index (χ3n) is 3.85. The quantitative estimate of drug-likeness (QED) is 0.506. The van der Waals surface area contributed by atoms with Crippen molar-refractivity contribution >= 4 is 5.96 Å². The van der Waals surface area contributed by atoms with Crippen LogP contribution in [0.1, 0.15) is 31.3 Å². The Morgan fingerprint density at radius 2 is 2.00 bits per heavy atom. The highest BCUT2D eigenvalue weighted by molar-refractivity contribution is 5.79. The number of hydrogen-bond donors (Lipinski definition) is 3. The zero-order valence-electron chi connectivity index (χ0n) is 15.0. The highest BCUT2D eigenvalue weighted by Gasteiger charge is 2.26. The van der Waals surface area contributed by atoms with Crippen molar-refractivity contribution < 1.29 is 14.3 Å². The Labute approximate surface area is 148 Å². The number of nitrogens with zero attached hydrogens (tertiary/aromatic N) is 1. The van der Waals surface area contributed by atoms with Gasteiger partial charge in [0.15, 0.2) is 5.96 Å². The number of hydrogen-bond acceptors (Lipinski definition) is 4. The molecule has 136 valence electrons. The molecule has 0 saturated heterocycles. The van der Waals surface area contributed by atoms with E-state index in [4.69, 9.17) is 9.15 Å². The number of guanidine groups is 1. The Bertz CT molecular complexity index is 639. The molecule has 0 aliphatic rings. The van der Waals surface area contributed by atoms with E-state index in [1.807, 2.05) is 37.3 Å². The Hall–Kier alpha value is -2.31. The van der Waals surface area contributed by atoms with Gasteiger partial charge in [-0.1, -0.05) is 30.3 Å². The molecular formula is C19H27N3O3. The molecule has 0 bridgehead atoms. The predicted molar refractivity (Wildman–Crippen MR) is 98.5 cm³/mol. The predicted octanol–water partition coefficient (Wildman–Crippen LogP) is 2.43. The Morgan fingerprint density at radius 1 is 1.24 bits per heavy atom. The van der Waals surface area contributed by atoms with E-state index in [1.54, 1.807) is 32.4 Å². The van der Waals surface area contributed by atoms with Crippen LogP contribution in [0.3, 0.4) is 0 Å². The first-order valence-electron chi connectivity index (χ1n) is 8.43. The van der Waals surface area contributed by atoms with Crippen LogP contribution in [-0.2, 0) is 10.3 Å². The molecule has 0 radical (unpaired) electrons. The lowest BCUT2D eigenvalue weighted by Crippen LogP contribution is -2.40. The second-order valence-electron chi connectivity index (χ2n) is 5.96. The van der Waals surface area contributed by atoms with Crippen LogP contribution in [0, 0.1) is 0 Å². The van der Waals surface area contributed by atoms with Gasteiger partial charge in [0.05, 0.1) is 18.9 Å². The molecule has 0 spiro atoms. The molecule has 25 heavy (non-hydrogen) atoms. The minimum Gasteiger partial charge on any atom is -0.466 e. The molecule has 6 nitrogen and oxygen atoms in total.